The maximum absolute atomic E-state index is 14.3. The molecule has 3 N–H and O–H groups in total. The van der Waals surface area contributed by atoms with Crippen molar-refractivity contribution in [1.29, 1.82) is 0 Å². The van der Waals surface area contributed by atoms with Crippen LogP contribution in [0.25, 0.3) is 0 Å². The average molecular weight is 754 g/mol. The third kappa shape index (κ3) is 14.3. The Morgan fingerprint density at radius 3 is 2.19 bits per heavy atom. The quantitative estimate of drug-likeness (QED) is 0.0915. The lowest BCUT2D eigenvalue weighted by molar-refractivity contribution is -0.161. The first-order valence-electron chi connectivity index (χ1n) is 18.9. The van der Waals surface area contributed by atoms with E-state index in [2.05, 4.69) is 20.9 Å². The smallest absolute Gasteiger partial charge is 0.403 e. The number of hydrogen-bond acceptors (Lipinski definition) is 9. The molecule has 2 saturated heterocycles. The lowest BCUT2D eigenvalue weighted by atomic mass is 9.99. The van der Waals surface area contributed by atoms with Crippen molar-refractivity contribution in [1.82, 2.24) is 20.4 Å². The summed E-state index contributed by atoms with van der Waals surface area (Å²) >= 11 is 0. The van der Waals surface area contributed by atoms with Gasteiger partial charge in [-0.05, 0) is 62.3 Å². The van der Waals surface area contributed by atoms with Crippen molar-refractivity contribution in [2.24, 2.45) is 17.8 Å². The van der Waals surface area contributed by atoms with Gasteiger partial charge in [-0.3, -0.25) is 39.1 Å². The van der Waals surface area contributed by atoms with Crippen LogP contribution in [0.1, 0.15) is 91.5 Å². The third-order valence-electron chi connectivity index (χ3n) is 9.71. The number of carbonyl (C=O) groups is 5. The predicted octanol–water partition coefficient (Wildman–Crippen LogP) is 4.81. The van der Waals surface area contributed by atoms with E-state index in [-0.39, 0.29) is 68.5 Å². The first kappa shape index (κ1) is 43.8. The van der Waals surface area contributed by atoms with Crippen LogP contribution in [-0.2, 0) is 40.1 Å². The van der Waals surface area contributed by atoms with Gasteiger partial charge in [-0.25, -0.2) is 0 Å². The van der Waals surface area contributed by atoms with Crippen molar-refractivity contribution < 1.29 is 46.6 Å². The molecule has 0 saturated carbocycles. The number of unbranched alkanes of at least 4 members (excludes halogenated alkanes) is 2. The van der Waals surface area contributed by atoms with Gasteiger partial charge in [0.25, 0.3) is 0 Å². The number of halogens is 3. The van der Waals surface area contributed by atoms with Crippen LogP contribution in [0, 0.1) is 17.8 Å². The van der Waals surface area contributed by atoms with Crippen molar-refractivity contribution in [2.45, 2.75) is 117 Å². The minimum Gasteiger partial charge on any atom is -0.461 e. The zero-order valence-electron chi connectivity index (χ0n) is 31.8. The molecule has 2 aliphatic rings. The summed E-state index contributed by atoms with van der Waals surface area (Å²) in [6.45, 7) is 12.2. The van der Waals surface area contributed by atoms with Crippen LogP contribution < -0.4 is 16.0 Å². The number of esters is 1. The summed E-state index contributed by atoms with van der Waals surface area (Å²) in [6, 6.07) is 2.47. The monoisotopic (exact) mass is 753 g/mol. The maximum Gasteiger partial charge on any atom is 0.403 e. The Kier molecular flexibility index (Phi) is 17.7. The van der Waals surface area contributed by atoms with Gasteiger partial charge in [0.1, 0.15) is 18.7 Å². The van der Waals surface area contributed by atoms with Gasteiger partial charge in [-0.15, -0.1) is 0 Å². The highest BCUT2D eigenvalue weighted by molar-refractivity contribution is 6.03. The summed E-state index contributed by atoms with van der Waals surface area (Å²) in [4.78, 5) is 67.0. The van der Waals surface area contributed by atoms with Gasteiger partial charge in [-0.2, -0.15) is 13.2 Å². The molecule has 2 heterocycles. The first-order chi connectivity index (χ1) is 25.1. The van der Waals surface area contributed by atoms with E-state index in [4.69, 9.17) is 9.47 Å². The Hall–Kier alpha value is -3.56. The predicted molar refractivity (Wildman–Crippen MR) is 193 cm³/mol. The molecule has 53 heavy (non-hydrogen) atoms. The number of ether oxygens (including phenoxy) is 2. The zero-order valence-corrected chi connectivity index (χ0v) is 31.8. The number of alkyl halides is 3. The number of carbonyl (C=O) groups excluding carboxylic acids is 5. The van der Waals surface area contributed by atoms with Gasteiger partial charge < -0.3 is 20.1 Å². The number of benzene rings is 1. The van der Waals surface area contributed by atoms with Gasteiger partial charge in [0, 0.05) is 37.7 Å². The summed E-state index contributed by atoms with van der Waals surface area (Å²) in [7, 11) is 0. The molecule has 4 amide bonds. The van der Waals surface area contributed by atoms with E-state index in [1.807, 2.05) is 6.92 Å². The molecule has 0 aromatic heterocycles. The molecule has 2 aliphatic heterocycles. The van der Waals surface area contributed by atoms with Crippen LogP contribution in [0.15, 0.2) is 24.3 Å². The largest absolute Gasteiger partial charge is 0.461 e. The number of rotatable bonds is 21. The Morgan fingerprint density at radius 2 is 1.60 bits per heavy atom. The number of morpholine rings is 1. The number of hydrogen-bond donors (Lipinski definition) is 3. The van der Waals surface area contributed by atoms with Gasteiger partial charge >= 0.3 is 12.1 Å². The van der Waals surface area contributed by atoms with E-state index in [0.717, 1.165) is 18.7 Å². The molecule has 1 aromatic rings. The summed E-state index contributed by atoms with van der Waals surface area (Å²) in [5.74, 6) is -3.12. The van der Waals surface area contributed by atoms with Gasteiger partial charge in [0.15, 0.2) is 0 Å². The standard InChI is InChI=1S/C38H58F3N5O7/c1-6-28-23-32(47)46(36(28)50)18-9-7-8-12-31(38(39,40)41)44-33(25(2)3)35(49)43-30(11-10-17-45-19-21-52-22-20-45)34(48)42-29-15-13-27(14-16-29)24-53-37(51)26(4)5/h13-16,25-26,28,30-31,33,44H,6-12,17-24H2,1-5H3,(H,42,48)(H,43,49). The fourth-order valence-corrected chi connectivity index (χ4v) is 6.34. The molecule has 4 atom stereocenters. The fraction of sp³-hybridized carbons (Fsp3) is 0.711. The summed E-state index contributed by atoms with van der Waals surface area (Å²) in [5.41, 5.74) is 1.17. The van der Waals surface area contributed by atoms with Crippen LogP contribution >= 0.6 is 0 Å². The van der Waals surface area contributed by atoms with Crippen LogP contribution in [-0.4, -0.2) is 103 Å². The second-order valence-electron chi connectivity index (χ2n) is 14.6. The molecule has 4 unspecified atom stereocenters. The van der Waals surface area contributed by atoms with E-state index in [0.29, 0.717) is 51.1 Å². The minimum absolute atomic E-state index is 0.0774. The van der Waals surface area contributed by atoms with E-state index in [9.17, 15) is 37.1 Å². The number of imide groups is 1. The highest BCUT2D eigenvalue weighted by Gasteiger charge is 2.42. The molecule has 0 radical (unpaired) electrons. The average Bonchev–Trinajstić information content (AvgIpc) is 3.39. The van der Waals surface area contributed by atoms with Crippen molar-refractivity contribution in [3.05, 3.63) is 29.8 Å². The number of amides is 4. The van der Waals surface area contributed by atoms with Crippen molar-refractivity contribution in [2.75, 3.05) is 44.7 Å². The minimum atomic E-state index is -4.64. The lowest BCUT2D eigenvalue weighted by Crippen LogP contribution is -2.58. The fourth-order valence-electron chi connectivity index (χ4n) is 6.34. The molecule has 298 valence electrons. The molecular weight excluding hydrogens is 695 g/mol. The van der Waals surface area contributed by atoms with Gasteiger partial charge in [0.05, 0.1) is 25.2 Å². The molecule has 3 rings (SSSR count). The molecule has 1 aromatic carbocycles. The van der Waals surface area contributed by atoms with Gasteiger partial charge in [-0.1, -0.05) is 59.6 Å². The molecule has 0 bridgehead atoms. The Balaban J connectivity index is 1.63. The number of likely N-dealkylation sites (tertiary alicyclic amines) is 1. The molecular formula is C38H58F3N5O7. The van der Waals surface area contributed by atoms with Crippen molar-refractivity contribution in [3.8, 4) is 0 Å². The Labute approximate surface area is 311 Å². The number of nitrogens with zero attached hydrogens (tertiary/aromatic N) is 2. The van der Waals surface area contributed by atoms with Gasteiger partial charge in [0.2, 0.25) is 23.6 Å². The molecule has 0 spiro atoms. The second-order valence-corrected chi connectivity index (χ2v) is 14.6. The van der Waals surface area contributed by atoms with E-state index in [1.165, 1.54) is 4.90 Å². The molecule has 2 fully saturated rings. The molecule has 0 aliphatic carbocycles. The van der Waals surface area contributed by atoms with Crippen molar-refractivity contribution >= 4 is 35.3 Å². The van der Waals surface area contributed by atoms with Crippen LogP contribution in [0.3, 0.4) is 0 Å². The van der Waals surface area contributed by atoms with Crippen LogP contribution in [0.2, 0.25) is 0 Å². The van der Waals surface area contributed by atoms with Crippen molar-refractivity contribution in [3.63, 3.8) is 0 Å². The Bertz CT molecular complexity index is 1350. The summed E-state index contributed by atoms with van der Waals surface area (Å²) in [5, 5.41) is 8.09. The van der Waals surface area contributed by atoms with E-state index < -0.39 is 42.0 Å². The zero-order chi connectivity index (χ0) is 39.1. The SMILES string of the molecule is CCC1CC(=O)N(CCCCCC(NC(C(=O)NC(CCCN2CCOCC2)C(=O)Nc2ccc(COC(=O)C(C)C)cc2)C(C)C)C(F)(F)F)C1=O. The topological polar surface area (TPSA) is 146 Å². The Morgan fingerprint density at radius 1 is 0.925 bits per heavy atom. The second kappa shape index (κ2) is 21.4. The number of anilines is 1. The first-order valence-corrected chi connectivity index (χ1v) is 18.9. The summed E-state index contributed by atoms with van der Waals surface area (Å²) in [6.07, 6.45) is -2.45. The lowest BCUT2D eigenvalue weighted by Gasteiger charge is -2.31. The summed E-state index contributed by atoms with van der Waals surface area (Å²) < 4.78 is 53.5. The normalized spacial score (nSPS) is 18.7. The van der Waals surface area contributed by atoms with E-state index in [1.54, 1.807) is 52.0 Å². The highest BCUT2D eigenvalue weighted by atomic mass is 19.4. The number of nitrogens with one attached hydrogen (secondary N) is 3. The van der Waals surface area contributed by atoms with Crippen LogP contribution in [0.5, 0.6) is 0 Å². The highest BCUT2D eigenvalue weighted by Crippen LogP contribution is 2.27. The van der Waals surface area contributed by atoms with E-state index >= 15 is 0 Å². The maximum atomic E-state index is 14.3. The molecule has 12 nitrogen and oxygen atoms in total. The van der Waals surface area contributed by atoms with Crippen LogP contribution in [0.4, 0.5) is 18.9 Å². The third-order valence-corrected chi connectivity index (χ3v) is 9.71. The molecule has 15 heteroatoms.